The Bertz CT molecular complexity index is 664. The second kappa shape index (κ2) is 6.23. The molecule has 0 atom stereocenters. The summed E-state index contributed by atoms with van der Waals surface area (Å²) in [6, 6.07) is 4.49. The summed E-state index contributed by atoms with van der Waals surface area (Å²) < 4.78 is 4.46. The lowest BCUT2D eigenvalue weighted by atomic mass is 9.97. The van der Waals surface area contributed by atoms with Gasteiger partial charge in [0.1, 0.15) is 0 Å². The van der Waals surface area contributed by atoms with E-state index in [-0.39, 0.29) is 0 Å². The van der Waals surface area contributed by atoms with Gasteiger partial charge in [-0.3, -0.25) is 9.58 Å². The van der Waals surface area contributed by atoms with E-state index in [0.717, 1.165) is 37.1 Å². The van der Waals surface area contributed by atoms with Crippen molar-refractivity contribution in [2.24, 2.45) is 0 Å². The van der Waals surface area contributed by atoms with Crippen molar-refractivity contribution in [3.05, 3.63) is 49.7 Å². The van der Waals surface area contributed by atoms with Crippen molar-refractivity contribution in [1.82, 2.24) is 14.7 Å². The number of aromatic nitrogens is 2. The van der Waals surface area contributed by atoms with Crippen molar-refractivity contribution < 1.29 is 0 Å². The van der Waals surface area contributed by atoms with Gasteiger partial charge in [-0.25, -0.2) is 0 Å². The van der Waals surface area contributed by atoms with Crippen LogP contribution in [0, 0.1) is 6.92 Å². The van der Waals surface area contributed by atoms with Gasteiger partial charge in [-0.2, -0.15) is 5.10 Å². The third-order valence-corrected chi connectivity index (χ3v) is 5.95. The highest BCUT2D eigenvalue weighted by molar-refractivity contribution is 9.10. The summed E-state index contributed by atoms with van der Waals surface area (Å²) in [6.45, 7) is 8.24. The largest absolute Gasteiger partial charge is 0.293 e. The lowest BCUT2D eigenvalue weighted by molar-refractivity contribution is 0.237. The molecule has 0 saturated carbocycles. The number of benzene rings is 1. The highest BCUT2D eigenvalue weighted by Gasteiger charge is 2.21. The van der Waals surface area contributed by atoms with Crippen molar-refractivity contribution in [2.45, 2.75) is 39.9 Å². The highest BCUT2D eigenvalue weighted by atomic mass is 79.9. The van der Waals surface area contributed by atoms with Crippen LogP contribution in [0.15, 0.2) is 27.3 Å². The van der Waals surface area contributed by atoms with Gasteiger partial charge < -0.3 is 0 Å². The summed E-state index contributed by atoms with van der Waals surface area (Å²) in [4.78, 5) is 2.50. The minimum absolute atomic E-state index is 0.911. The standard InChI is InChI=1S/C16H19Br2N3/c1-3-21-15(14(17)8-19-21)10-20-7-6-12-5-4-11(2)16(18)13(12)9-20/h4-5,8H,3,6-7,9-10H2,1-2H3. The SMILES string of the molecule is CCn1ncc(Br)c1CN1CCc2ccc(C)c(Br)c2C1. The van der Waals surface area contributed by atoms with Crippen molar-refractivity contribution in [3.8, 4) is 0 Å². The number of halogens is 2. The number of rotatable bonds is 3. The monoisotopic (exact) mass is 411 g/mol. The number of nitrogens with zero attached hydrogens (tertiary/aromatic N) is 3. The van der Waals surface area contributed by atoms with Gasteiger partial charge >= 0.3 is 0 Å². The summed E-state index contributed by atoms with van der Waals surface area (Å²) in [5, 5.41) is 4.41. The molecule has 0 saturated heterocycles. The average Bonchev–Trinajstić information content (AvgIpc) is 2.84. The molecule has 1 aliphatic heterocycles. The average molecular weight is 413 g/mol. The van der Waals surface area contributed by atoms with Crippen molar-refractivity contribution in [3.63, 3.8) is 0 Å². The van der Waals surface area contributed by atoms with Gasteiger partial charge in [-0.1, -0.05) is 28.1 Å². The third-order valence-electron chi connectivity index (χ3n) is 4.18. The molecule has 3 nitrogen and oxygen atoms in total. The first-order valence-corrected chi connectivity index (χ1v) is 8.88. The number of hydrogen-bond donors (Lipinski definition) is 0. The molecule has 0 bridgehead atoms. The van der Waals surface area contributed by atoms with Crippen LogP contribution in [0.5, 0.6) is 0 Å². The fourth-order valence-corrected chi connectivity index (χ4v) is 3.86. The molecule has 2 heterocycles. The molecule has 2 aromatic rings. The van der Waals surface area contributed by atoms with E-state index in [2.05, 4.69) is 72.5 Å². The molecule has 1 aromatic carbocycles. The zero-order valence-electron chi connectivity index (χ0n) is 12.4. The van der Waals surface area contributed by atoms with E-state index in [1.165, 1.54) is 26.9 Å². The van der Waals surface area contributed by atoms with Crippen molar-refractivity contribution >= 4 is 31.9 Å². The normalized spacial score (nSPS) is 15.2. The second-order valence-electron chi connectivity index (χ2n) is 5.55. The Kier molecular flexibility index (Phi) is 4.52. The Hall–Kier alpha value is -0.650. The molecule has 21 heavy (non-hydrogen) atoms. The maximum Gasteiger partial charge on any atom is 0.0666 e. The van der Waals surface area contributed by atoms with Crippen LogP contribution in [-0.4, -0.2) is 21.2 Å². The lowest BCUT2D eigenvalue weighted by Gasteiger charge is -2.30. The van der Waals surface area contributed by atoms with Crippen LogP contribution in [0.2, 0.25) is 0 Å². The Morgan fingerprint density at radius 1 is 1.29 bits per heavy atom. The molecular weight excluding hydrogens is 394 g/mol. The van der Waals surface area contributed by atoms with Crippen molar-refractivity contribution in [1.29, 1.82) is 0 Å². The quantitative estimate of drug-likeness (QED) is 0.749. The molecular formula is C16H19Br2N3. The molecule has 0 spiro atoms. The fourth-order valence-electron chi connectivity index (χ4n) is 2.93. The molecule has 0 N–H and O–H groups in total. The van der Waals surface area contributed by atoms with Crippen molar-refractivity contribution in [2.75, 3.05) is 6.54 Å². The predicted molar refractivity (Wildman–Crippen MR) is 92.3 cm³/mol. The van der Waals surface area contributed by atoms with E-state index in [1.54, 1.807) is 0 Å². The Labute approximate surface area is 142 Å². The van der Waals surface area contributed by atoms with Crippen LogP contribution in [0.4, 0.5) is 0 Å². The number of hydrogen-bond acceptors (Lipinski definition) is 2. The Morgan fingerprint density at radius 3 is 2.86 bits per heavy atom. The van der Waals surface area contributed by atoms with E-state index in [9.17, 15) is 0 Å². The van der Waals surface area contributed by atoms with Gasteiger partial charge in [-0.05, 0) is 52.9 Å². The summed E-state index contributed by atoms with van der Waals surface area (Å²) in [6.07, 6.45) is 3.02. The summed E-state index contributed by atoms with van der Waals surface area (Å²) >= 11 is 7.38. The van der Waals surface area contributed by atoms with Crippen LogP contribution in [0.3, 0.4) is 0 Å². The van der Waals surface area contributed by atoms with Gasteiger partial charge in [0.05, 0.1) is 16.4 Å². The molecule has 0 fully saturated rings. The first-order valence-electron chi connectivity index (χ1n) is 7.29. The molecule has 5 heteroatoms. The Balaban J connectivity index is 1.83. The maximum atomic E-state index is 4.41. The van der Waals surface area contributed by atoms with E-state index in [0.29, 0.717) is 0 Å². The molecule has 0 aliphatic carbocycles. The topological polar surface area (TPSA) is 21.1 Å². The molecule has 1 aliphatic rings. The van der Waals surface area contributed by atoms with Crippen LogP contribution in [-0.2, 0) is 26.1 Å². The van der Waals surface area contributed by atoms with Gasteiger partial charge in [0.2, 0.25) is 0 Å². The third kappa shape index (κ3) is 2.96. The van der Waals surface area contributed by atoms with Crippen LogP contribution >= 0.6 is 31.9 Å². The van der Waals surface area contributed by atoms with Gasteiger partial charge in [0.15, 0.2) is 0 Å². The first kappa shape index (κ1) is 15.3. The minimum Gasteiger partial charge on any atom is -0.293 e. The summed E-state index contributed by atoms with van der Waals surface area (Å²) in [5.74, 6) is 0. The molecule has 0 unspecified atom stereocenters. The van der Waals surface area contributed by atoms with Crippen LogP contribution < -0.4 is 0 Å². The maximum absolute atomic E-state index is 4.41. The number of aryl methyl sites for hydroxylation is 2. The molecule has 0 amide bonds. The minimum atomic E-state index is 0.911. The van der Waals surface area contributed by atoms with Crippen LogP contribution in [0.1, 0.15) is 29.3 Å². The highest BCUT2D eigenvalue weighted by Crippen LogP contribution is 2.30. The molecule has 0 radical (unpaired) electrons. The van der Waals surface area contributed by atoms with E-state index in [4.69, 9.17) is 0 Å². The zero-order valence-corrected chi connectivity index (χ0v) is 15.5. The van der Waals surface area contributed by atoms with Gasteiger partial charge in [-0.15, -0.1) is 0 Å². The van der Waals surface area contributed by atoms with E-state index >= 15 is 0 Å². The molecule has 1 aromatic heterocycles. The first-order chi connectivity index (χ1) is 10.1. The van der Waals surface area contributed by atoms with Gasteiger partial charge in [0.25, 0.3) is 0 Å². The van der Waals surface area contributed by atoms with Crippen LogP contribution in [0.25, 0.3) is 0 Å². The zero-order chi connectivity index (χ0) is 15.0. The summed E-state index contributed by atoms with van der Waals surface area (Å²) in [7, 11) is 0. The molecule has 112 valence electrons. The smallest absolute Gasteiger partial charge is 0.0666 e. The summed E-state index contributed by atoms with van der Waals surface area (Å²) in [5.41, 5.74) is 5.51. The van der Waals surface area contributed by atoms with E-state index in [1.807, 2.05) is 6.20 Å². The Morgan fingerprint density at radius 2 is 2.10 bits per heavy atom. The van der Waals surface area contributed by atoms with E-state index < -0.39 is 0 Å². The molecule has 3 rings (SSSR count). The number of fused-ring (bicyclic) bond motifs is 1. The lowest BCUT2D eigenvalue weighted by Crippen LogP contribution is -2.31. The predicted octanol–water partition coefficient (Wildman–Crippen LogP) is 4.29. The second-order valence-corrected chi connectivity index (χ2v) is 7.20. The fraction of sp³-hybridized carbons (Fsp3) is 0.438. The van der Waals surface area contributed by atoms with Gasteiger partial charge in [0, 0.05) is 30.7 Å².